The van der Waals surface area contributed by atoms with Gasteiger partial charge in [-0.25, -0.2) is 0 Å². The van der Waals surface area contributed by atoms with Crippen molar-refractivity contribution in [2.75, 3.05) is 6.61 Å². The van der Waals surface area contributed by atoms with Gasteiger partial charge in [0, 0.05) is 24.9 Å². The van der Waals surface area contributed by atoms with Crippen LogP contribution in [0.5, 0.6) is 0 Å². The number of Topliss-reactive ketones (excluding diaryl/α,β-unsaturated/α-hetero) is 1. The van der Waals surface area contributed by atoms with E-state index in [1.165, 1.54) is 32.1 Å². The van der Waals surface area contributed by atoms with Gasteiger partial charge in [-0.2, -0.15) is 0 Å². The molecule has 1 N–H and O–H groups in total. The predicted octanol–water partition coefficient (Wildman–Crippen LogP) is 4.37. The summed E-state index contributed by atoms with van der Waals surface area (Å²) in [4.78, 5) is 12.4. The Morgan fingerprint density at radius 1 is 1.23 bits per heavy atom. The number of aliphatic hydroxyl groups is 1. The molecule has 0 aromatic carbocycles. The van der Waals surface area contributed by atoms with Gasteiger partial charge in [-0.05, 0) is 60.7 Å². The lowest BCUT2D eigenvalue weighted by molar-refractivity contribution is -0.159. The topological polar surface area (TPSA) is 37.3 Å². The molecule has 0 saturated heterocycles. The van der Waals surface area contributed by atoms with Crippen molar-refractivity contribution in [1.82, 2.24) is 0 Å². The summed E-state index contributed by atoms with van der Waals surface area (Å²) in [6.45, 7) is 11.0. The van der Waals surface area contributed by atoms with Crippen molar-refractivity contribution < 1.29 is 9.90 Å². The van der Waals surface area contributed by atoms with Gasteiger partial charge in [-0.3, -0.25) is 4.79 Å². The molecule has 3 aliphatic carbocycles. The Kier molecular flexibility index (Phi) is 3.83. The Labute approximate surface area is 135 Å². The molecule has 0 aliphatic heterocycles. The average molecular weight is 304 g/mol. The fourth-order valence-electron chi connectivity index (χ4n) is 6.52. The summed E-state index contributed by atoms with van der Waals surface area (Å²) in [6.07, 6.45) is 9.55. The highest BCUT2D eigenvalue weighted by Crippen LogP contribution is 2.64. The minimum Gasteiger partial charge on any atom is -0.396 e. The quantitative estimate of drug-likeness (QED) is 0.769. The van der Waals surface area contributed by atoms with Crippen LogP contribution in [0, 0.1) is 34.0 Å². The maximum absolute atomic E-state index is 12.4. The van der Waals surface area contributed by atoms with Crippen LogP contribution in [0.2, 0.25) is 0 Å². The largest absolute Gasteiger partial charge is 0.396 e. The molecular formula is C20H32O2. The molecule has 0 radical (unpaired) electrons. The van der Waals surface area contributed by atoms with Gasteiger partial charge in [-0.15, -0.1) is 6.58 Å². The summed E-state index contributed by atoms with van der Waals surface area (Å²) in [5.41, 5.74) is 0.176. The molecule has 0 aromatic heterocycles. The maximum Gasteiger partial charge on any atom is 0.134 e. The van der Waals surface area contributed by atoms with Gasteiger partial charge in [0.25, 0.3) is 0 Å². The predicted molar refractivity (Wildman–Crippen MR) is 89.4 cm³/mol. The maximum atomic E-state index is 12.4. The van der Waals surface area contributed by atoms with Crippen molar-refractivity contribution in [3.8, 4) is 0 Å². The van der Waals surface area contributed by atoms with E-state index in [1.54, 1.807) is 0 Å². The lowest BCUT2D eigenvalue weighted by Gasteiger charge is -2.61. The molecular weight excluding hydrogens is 272 g/mol. The number of carbonyl (C=O) groups is 1. The number of allylic oxidation sites excluding steroid dienone is 1. The minimum absolute atomic E-state index is 0.0955. The van der Waals surface area contributed by atoms with Crippen molar-refractivity contribution >= 4 is 5.78 Å². The van der Waals surface area contributed by atoms with Gasteiger partial charge in [0.1, 0.15) is 5.78 Å². The van der Waals surface area contributed by atoms with Crippen molar-refractivity contribution in [2.24, 2.45) is 34.0 Å². The van der Waals surface area contributed by atoms with Crippen molar-refractivity contribution in [2.45, 2.75) is 65.7 Å². The monoisotopic (exact) mass is 304 g/mol. The standard InChI is InChI=1S/C20H32O2/c1-5-18(2)9-8-16-14(10-18)6-7-17-19(3,13-21)11-15(22)12-20(16,17)4/h5,14,16-17,21H,1,6-13H2,2-4H3. The third-order valence-electron chi connectivity index (χ3n) is 7.67. The molecule has 22 heavy (non-hydrogen) atoms. The van der Waals surface area contributed by atoms with E-state index in [0.29, 0.717) is 24.0 Å². The second-order valence-corrected chi connectivity index (χ2v) is 9.31. The highest BCUT2D eigenvalue weighted by Gasteiger charge is 2.59. The molecule has 124 valence electrons. The van der Waals surface area contributed by atoms with Crippen LogP contribution in [0.3, 0.4) is 0 Å². The Morgan fingerprint density at radius 3 is 2.59 bits per heavy atom. The van der Waals surface area contributed by atoms with Crippen LogP contribution in [-0.2, 0) is 4.79 Å². The van der Waals surface area contributed by atoms with Crippen molar-refractivity contribution in [1.29, 1.82) is 0 Å². The summed E-state index contributed by atoms with van der Waals surface area (Å²) >= 11 is 0. The second kappa shape index (κ2) is 5.19. The number of hydrogen-bond donors (Lipinski definition) is 1. The first kappa shape index (κ1) is 16.2. The molecule has 6 unspecified atom stereocenters. The SMILES string of the molecule is C=CC1(C)CCC2C(CCC3C(C)(CO)CC(=O)CC23C)C1. The number of rotatable bonds is 2. The number of fused-ring (bicyclic) bond motifs is 3. The Balaban J connectivity index is 1.92. The second-order valence-electron chi connectivity index (χ2n) is 9.31. The number of carbonyl (C=O) groups excluding carboxylic acids is 1. The first-order chi connectivity index (χ1) is 10.3. The van der Waals surface area contributed by atoms with Crippen LogP contribution in [0.4, 0.5) is 0 Å². The van der Waals surface area contributed by atoms with E-state index in [0.717, 1.165) is 12.3 Å². The first-order valence-electron chi connectivity index (χ1n) is 9.02. The molecule has 3 aliphatic rings. The van der Waals surface area contributed by atoms with Crippen LogP contribution in [0.1, 0.15) is 65.7 Å². The molecule has 2 nitrogen and oxygen atoms in total. The Hall–Kier alpha value is -0.630. The van der Waals surface area contributed by atoms with Crippen LogP contribution in [0.25, 0.3) is 0 Å². The Bertz CT molecular complexity index is 484. The van der Waals surface area contributed by atoms with E-state index < -0.39 is 0 Å². The van der Waals surface area contributed by atoms with Gasteiger partial charge >= 0.3 is 0 Å². The fourth-order valence-corrected chi connectivity index (χ4v) is 6.52. The zero-order chi connectivity index (χ0) is 16.2. The smallest absolute Gasteiger partial charge is 0.134 e. The van der Waals surface area contributed by atoms with Crippen molar-refractivity contribution in [3.05, 3.63) is 12.7 Å². The highest BCUT2D eigenvalue weighted by atomic mass is 16.3. The van der Waals surface area contributed by atoms with E-state index in [2.05, 4.69) is 33.4 Å². The normalized spacial score (nSPS) is 51.8. The minimum atomic E-state index is -0.200. The zero-order valence-electron chi connectivity index (χ0n) is 14.5. The average Bonchev–Trinajstić information content (AvgIpc) is 2.45. The number of aliphatic hydroxyl groups excluding tert-OH is 1. The third-order valence-corrected chi connectivity index (χ3v) is 7.67. The molecule has 0 heterocycles. The van der Waals surface area contributed by atoms with E-state index >= 15 is 0 Å². The van der Waals surface area contributed by atoms with Gasteiger partial charge in [-0.1, -0.05) is 26.8 Å². The molecule has 3 rings (SSSR count). The van der Waals surface area contributed by atoms with Gasteiger partial charge in [0.05, 0.1) is 0 Å². The summed E-state index contributed by atoms with van der Waals surface area (Å²) in [7, 11) is 0. The van der Waals surface area contributed by atoms with E-state index in [-0.39, 0.29) is 22.9 Å². The molecule has 0 spiro atoms. The van der Waals surface area contributed by atoms with E-state index in [9.17, 15) is 9.90 Å². The molecule has 2 heteroatoms. The number of hydrogen-bond acceptors (Lipinski definition) is 2. The summed E-state index contributed by atoms with van der Waals surface area (Å²) in [5, 5.41) is 9.97. The zero-order valence-corrected chi connectivity index (χ0v) is 14.5. The van der Waals surface area contributed by atoms with E-state index in [1.807, 2.05) is 0 Å². The van der Waals surface area contributed by atoms with Gasteiger partial charge in [0.15, 0.2) is 0 Å². The molecule has 3 fully saturated rings. The highest BCUT2D eigenvalue weighted by molar-refractivity contribution is 5.81. The molecule has 3 saturated carbocycles. The molecule has 6 atom stereocenters. The van der Waals surface area contributed by atoms with E-state index in [4.69, 9.17) is 0 Å². The molecule has 0 bridgehead atoms. The fraction of sp³-hybridized carbons (Fsp3) is 0.850. The Morgan fingerprint density at radius 2 is 1.95 bits per heavy atom. The molecule has 0 aromatic rings. The first-order valence-corrected chi connectivity index (χ1v) is 9.02. The third kappa shape index (κ3) is 2.29. The lowest BCUT2D eigenvalue weighted by atomic mass is 9.43. The van der Waals surface area contributed by atoms with Crippen LogP contribution < -0.4 is 0 Å². The van der Waals surface area contributed by atoms with Crippen LogP contribution in [-0.4, -0.2) is 17.5 Å². The van der Waals surface area contributed by atoms with Gasteiger partial charge < -0.3 is 5.11 Å². The van der Waals surface area contributed by atoms with Crippen LogP contribution >= 0.6 is 0 Å². The summed E-state index contributed by atoms with van der Waals surface area (Å²) < 4.78 is 0. The lowest BCUT2D eigenvalue weighted by Crippen LogP contribution is -2.57. The summed E-state index contributed by atoms with van der Waals surface area (Å²) in [5.74, 6) is 2.24. The molecule has 0 amide bonds. The van der Waals surface area contributed by atoms with Gasteiger partial charge in [0.2, 0.25) is 0 Å². The van der Waals surface area contributed by atoms with Crippen molar-refractivity contribution in [3.63, 3.8) is 0 Å². The number of ketones is 1. The summed E-state index contributed by atoms with van der Waals surface area (Å²) in [6, 6.07) is 0. The van der Waals surface area contributed by atoms with Crippen LogP contribution in [0.15, 0.2) is 12.7 Å².